The molecule has 1 rings (SSSR count). The zero-order chi connectivity index (χ0) is 9.73. The van der Waals surface area contributed by atoms with Crippen LogP contribution in [0.5, 0.6) is 0 Å². The van der Waals surface area contributed by atoms with Crippen molar-refractivity contribution in [3.63, 3.8) is 0 Å². The summed E-state index contributed by atoms with van der Waals surface area (Å²) in [6.07, 6.45) is 0.0729. The molecule has 13 heavy (non-hydrogen) atoms. The van der Waals surface area contributed by atoms with Gasteiger partial charge in [0.25, 0.3) is 7.52 Å². The van der Waals surface area contributed by atoms with E-state index in [-0.39, 0.29) is 12.0 Å². The number of nitrogens with one attached hydrogen (secondary N) is 1. The van der Waals surface area contributed by atoms with Crippen LogP contribution >= 0.6 is 19.1 Å². The van der Waals surface area contributed by atoms with Crippen LogP contribution in [0.25, 0.3) is 0 Å². The molecule has 0 aliphatic carbocycles. The summed E-state index contributed by atoms with van der Waals surface area (Å²) in [5.41, 5.74) is 0.637. The SMILES string of the molecule is O=P(O)(CCCl)Nc1ccccc1. The number of rotatable bonds is 4. The number of hydrogen-bond acceptors (Lipinski definition) is 1. The molecule has 2 N–H and O–H groups in total. The van der Waals surface area contributed by atoms with E-state index in [0.717, 1.165) is 0 Å². The van der Waals surface area contributed by atoms with Crippen LogP contribution in [-0.4, -0.2) is 16.9 Å². The van der Waals surface area contributed by atoms with E-state index in [2.05, 4.69) is 5.09 Å². The Morgan fingerprint density at radius 3 is 2.54 bits per heavy atom. The Kier molecular flexibility index (Phi) is 3.79. The van der Waals surface area contributed by atoms with Gasteiger partial charge in [0, 0.05) is 11.6 Å². The average molecular weight is 220 g/mol. The van der Waals surface area contributed by atoms with E-state index >= 15 is 0 Å². The Morgan fingerprint density at radius 1 is 1.38 bits per heavy atom. The van der Waals surface area contributed by atoms with E-state index in [1.54, 1.807) is 24.3 Å². The molecule has 1 atom stereocenters. The van der Waals surface area contributed by atoms with Gasteiger partial charge in [-0.1, -0.05) is 18.2 Å². The van der Waals surface area contributed by atoms with Gasteiger partial charge in [-0.25, -0.2) is 0 Å². The van der Waals surface area contributed by atoms with Gasteiger partial charge in [0.2, 0.25) is 0 Å². The van der Waals surface area contributed by atoms with Crippen molar-refractivity contribution >= 4 is 24.8 Å². The highest BCUT2D eigenvalue weighted by atomic mass is 35.5. The third kappa shape index (κ3) is 3.81. The van der Waals surface area contributed by atoms with Crippen LogP contribution in [0.3, 0.4) is 0 Å². The normalized spacial score (nSPS) is 14.9. The summed E-state index contributed by atoms with van der Waals surface area (Å²) in [6, 6.07) is 8.90. The Bertz CT molecular complexity index is 304. The van der Waals surface area contributed by atoms with Crippen LogP contribution in [0.2, 0.25) is 0 Å². The van der Waals surface area contributed by atoms with Crippen LogP contribution in [-0.2, 0) is 4.57 Å². The molecule has 0 saturated carbocycles. The van der Waals surface area contributed by atoms with Gasteiger partial charge in [-0.3, -0.25) is 4.57 Å². The van der Waals surface area contributed by atoms with Gasteiger partial charge < -0.3 is 9.98 Å². The minimum absolute atomic E-state index is 0.0729. The van der Waals surface area contributed by atoms with Gasteiger partial charge >= 0.3 is 0 Å². The van der Waals surface area contributed by atoms with Gasteiger partial charge in [-0.2, -0.15) is 0 Å². The molecule has 0 aromatic heterocycles. The highest BCUT2D eigenvalue weighted by Crippen LogP contribution is 2.40. The van der Waals surface area contributed by atoms with Gasteiger partial charge in [0.15, 0.2) is 0 Å². The first-order chi connectivity index (χ1) is 6.14. The highest BCUT2D eigenvalue weighted by molar-refractivity contribution is 7.59. The number of alkyl halides is 1. The molecule has 0 saturated heterocycles. The number of hydrogen-bond donors (Lipinski definition) is 2. The molecule has 0 amide bonds. The van der Waals surface area contributed by atoms with Crippen molar-refractivity contribution in [2.24, 2.45) is 0 Å². The lowest BCUT2D eigenvalue weighted by atomic mass is 10.3. The maximum Gasteiger partial charge on any atom is 0.292 e. The highest BCUT2D eigenvalue weighted by Gasteiger charge is 2.15. The molecule has 5 heteroatoms. The second-order valence-electron chi connectivity index (χ2n) is 2.59. The number of para-hydroxylation sites is 1. The first kappa shape index (κ1) is 10.6. The Balaban J connectivity index is 2.64. The van der Waals surface area contributed by atoms with E-state index < -0.39 is 7.52 Å². The third-order valence-corrected chi connectivity index (χ3v) is 3.36. The number of anilines is 1. The molecule has 1 unspecified atom stereocenters. The molecule has 0 spiro atoms. The molecule has 1 aromatic rings. The fraction of sp³-hybridized carbons (Fsp3) is 0.250. The van der Waals surface area contributed by atoms with Crippen molar-refractivity contribution in [1.82, 2.24) is 0 Å². The molecule has 1 aromatic carbocycles. The zero-order valence-electron chi connectivity index (χ0n) is 6.98. The summed E-state index contributed by atoms with van der Waals surface area (Å²) in [5, 5.41) is 2.55. The molecule has 0 aliphatic heterocycles. The third-order valence-electron chi connectivity index (χ3n) is 1.47. The van der Waals surface area contributed by atoms with E-state index in [1.807, 2.05) is 6.07 Å². The maximum absolute atomic E-state index is 11.3. The van der Waals surface area contributed by atoms with Crippen molar-refractivity contribution < 1.29 is 9.46 Å². The molecule has 0 radical (unpaired) electrons. The van der Waals surface area contributed by atoms with Crippen LogP contribution in [0.4, 0.5) is 5.69 Å². The maximum atomic E-state index is 11.3. The molecule has 0 heterocycles. The van der Waals surface area contributed by atoms with Crippen LogP contribution < -0.4 is 5.09 Å². The zero-order valence-corrected chi connectivity index (χ0v) is 8.63. The Morgan fingerprint density at radius 2 is 2.00 bits per heavy atom. The van der Waals surface area contributed by atoms with Crippen molar-refractivity contribution in [2.75, 3.05) is 17.1 Å². The summed E-state index contributed by atoms with van der Waals surface area (Å²) in [5.74, 6) is 0.174. The van der Waals surface area contributed by atoms with Crippen molar-refractivity contribution in [1.29, 1.82) is 0 Å². The van der Waals surface area contributed by atoms with Gasteiger partial charge in [0.1, 0.15) is 0 Å². The Hall–Kier alpha value is -0.500. The lowest BCUT2D eigenvalue weighted by molar-refractivity contribution is 0.486. The fourth-order valence-corrected chi connectivity index (χ4v) is 2.47. The minimum atomic E-state index is -3.30. The summed E-state index contributed by atoms with van der Waals surface area (Å²) >= 11 is 5.38. The van der Waals surface area contributed by atoms with Crippen LogP contribution in [0.15, 0.2) is 30.3 Å². The second kappa shape index (κ2) is 4.66. The van der Waals surface area contributed by atoms with E-state index in [1.165, 1.54) is 0 Å². The molecule has 0 aliphatic rings. The largest absolute Gasteiger partial charge is 0.329 e. The van der Waals surface area contributed by atoms with E-state index in [9.17, 15) is 9.46 Å². The quantitative estimate of drug-likeness (QED) is 0.604. The first-order valence-electron chi connectivity index (χ1n) is 3.85. The van der Waals surface area contributed by atoms with E-state index in [4.69, 9.17) is 11.6 Å². The van der Waals surface area contributed by atoms with Crippen molar-refractivity contribution in [3.05, 3.63) is 30.3 Å². The number of halogens is 1. The lowest BCUT2D eigenvalue weighted by Crippen LogP contribution is -2.00. The second-order valence-corrected chi connectivity index (χ2v) is 5.04. The summed E-state index contributed by atoms with van der Waals surface area (Å²) in [7, 11) is -3.30. The Labute approximate surface area is 82.2 Å². The lowest BCUT2D eigenvalue weighted by Gasteiger charge is -2.12. The fourth-order valence-electron chi connectivity index (χ4n) is 0.885. The summed E-state index contributed by atoms with van der Waals surface area (Å²) in [6.45, 7) is 0. The van der Waals surface area contributed by atoms with Crippen molar-refractivity contribution in [3.8, 4) is 0 Å². The molecular formula is C8H11ClNO2P. The summed E-state index contributed by atoms with van der Waals surface area (Å²) in [4.78, 5) is 9.33. The van der Waals surface area contributed by atoms with Crippen LogP contribution in [0.1, 0.15) is 0 Å². The van der Waals surface area contributed by atoms with Crippen molar-refractivity contribution in [2.45, 2.75) is 0 Å². The molecular weight excluding hydrogens is 209 g/mol. The molecule has 0 bridgehead atoms. The topological polar surface area (TPSA) is 49.3 Å². The molecule has 0 fully saturated rings. The monoisotopic (exact) mass is 219 g/mol. The minimum Gasteiger partial charge on any atom is -0.329 e. The smallest absolute Gasteiger partial charge is 0.292 e. The van der Waals surface area contributed by atoms with E-state index in [0.29, 0.717) is 5.69 Å². The standard InChI is InChI=1S/C8H11ClNO2P/c9-6-7-13(11,12)10-8-4-2-1-3-5-8/h1-5H,6-7H2,(H2,10,11,12). The van der Waals surface area contributed by atoms with Gasteiger partial charge in [-0.05, 0) is 12.1 Å². The van der Waals surface area contributed by atoms with Crippen LogP contribution in [0, 0.1) is 0 Å². The molecule has 72 valence electrons. The van der Waals surface area contributed by atoms with Gasteiger partial charge in [0.05, 0.1) is 6.16 Å². The molecule has 3 nitrogen and oxygen atoms in total. The number of benzene rings is 1. The predicted octanol–water partition coefficient (Wildman–Crippen LogP) is 2.52. The summed E-state index contributed by atoms with van der Waals surface area (Å²) < 4.78 is 11.3. The first-order valence-corrected chi connectivity index (χ1v) is 6.23. The predicted molar refractivity (Wildman–Crippen MR) is 55.5 cm³/mol. The average Bonchev–Trinajstić information content (AvgIpc) is 2.04. The van der Waals surface area contributed by atoms with Gasteiger partial charge in [-0.15, -0.1) is 11.6 Å².